The highest BCUT2D eigenvalue weighted by atomic mass is 32.1. The van der Waals surface area contributed by atoms with Crippen molar-refractivity contribution in [3.63, 3.8) is 0 Å². The number of pyridine rings is 1. The second-order valence-electron chi connectivity index (χ2n) is 5.51. The second-order valence-corrected chi connectivity index (χ2v) is 7.15. The number of rotatable bonds is 3. The second kappa shape index (κ2) is 6.74. The average molecular weight is 379 g/mol. The molecule has 0 aliphatic heterocycles. The van der Waals surface area contributed by atoms with Crippen LogP contribution in [-0.4, -0.2) is 24.9 Å². The van der Waals surface area contributed by atoms with Crippen LogP contribution < -0.4 is 5.56 Å². The Hall–Kier alpha value is -2.97. The molecule has 0 aliphatic carbocycles. The van der Waals surface area contributed by atoms with Crippen LogP contribution in [0.15, 0.2) is 71.1 Å². The lowest BCUT2D eigenvalue weighted by Gasteiger charge is -2.05. The predicted octanol–water partition coefficient (Wildman–Crippen LogP) is 3.65. The molecule has 4 rings (SSSR count). The summed E-state index contributed by atoms with van der Waals surface area (Å²) in [5.41, 5.74) is 2.77. The largest absolute Gasteiger partial charge is 0.293 e. The van der Waals surface area contributed by atoms with Crippen LogP contribution in [0.3, 0.4) is 0 Å². The number of benzene rings is 1. The Balaban J connectivity index is 1.87. The third-order valence-corrected chi connectivity index (χ3v) is 5.20. The quantitative estimate of drug-likeness (QED) is 0.403. The molecule has 3 aromatic heterocycles. The summed E-state index contributed by atoms with van der Waals surface area (Å²) in [7, 11) is 0. The first-order valence-corrected chi connectivity index (χ1v) is 9.02. The zero-order valence-electron chi connectivity index (χ0n) is 13.7. The first-order valence-electron chi connectivity index (χ1n) is 7.80. The Morgan fingerprint density at radius 3 is 2.62 bits per heavy atom. The predicted molar refractivity (Wildman–Crippen MR) is 106 cm³/mol. The van der Waals surface area contributed by atoms with Crippen molar-refractivity contribution in [2.24, 2.45) is 5.10 Å². The van der Waals surface area contributed by atoms with Crippen molar-refractivity contribution < 1.29 is 0 Å². The molecule has 0 bridgehead atoms. The number of fused-ring (bicyclic) bond motifs is 1. The van der Waals surface area contributed by atoms with Crippen LogP contribution in [0.2, 0.25) is 0 Å². The number of hydrogen-bond acceptors (Lipinski definition) is 6. The fraction of sp³-hybridized carbons (Fsp3) is 0.0556. The van der Waals surface area contributed by atoms with Crippen LogP contribution in [0.1, 0.15) is 12.5 Å². The Morgan fingerprint density at radius 1 is 1.15 bits per heavy atom. The molecule has 0 N–H and O–H groups in total. The summed E-state index contributed by atoms with van der Waals surface area (Å²) in [6.45, 7) is 1.84. The van der Waals surface area contributed by atoms with Gasteiger partial charge in [0.2, 0.25) is 0 Å². The van der Waals surface area contributed by atoms with E-state index in [0.717, 1.165) is 11.3 Å². The number of aromatic nitrogens is 4. The van der Waals surface area contributed by atoms with Crippen LogP contribution in [0.4, 0.5) is 0 Å². The maximum atomic E-state index is 12.8. The number of hydrogen-bond donors (Lipinski definition) is 0. The Morgan fingerprint density at radius 2 is 1.88 bits per heavy atom. The van der Waals surface area contributed by atoms with Crippen LogP contribution in [-0.2, 0) is 0 Å². The summed E-state index contributed by atoms with van der Waals surface area (Å²) in [5, 5.41) is 4.38. The summed E-state index contributed by atoms with van der Waals surface area (Å²) in [6.07, 6.45) is 4.80. The summed E-state index contributed by atoms with van der Waals surface area (Å²) in [4.78, 5) is 21.3. The van der Waals surface area contributed by atoms with E-state index in [1.807, 2.05) is 49.4 Å². The van der Waals surface area contributed by atoms with Gasteiger partial charge in [-0.25, -0.2) is 4.98 Å². The monoisotopic (exact) mass is 379 g/mol. The molecule has 0 amide bonds. The van der Waals surface area contributed by atoms with Crippen molar-refractivity contribution in [2.45, 2.75) is 6.92 Å². The molecule has 0 unspecified atom stereocenters. The van der Waals surface area contributed by atoms with Gasteiger partial charge in [-0.05, 0) is 43.4 Å². The minimum atomic E-state index is -0.241. The van der Waals surface area contributed by atoms with E-state index in [4.69, 9.17) is 12.2 Å². The fourth-order valence-corrected chi connectivity index (χ4v) is 3.89. The first-order chi connectivity index (χ1) is 12.6. The van der Waals surface area contributed by atoms with Gasteiger partial charge in [0.15, 0.2) is 9.60 Å². The van der Waals surface area contributed by atoms with Gasteiger partial charge in [-0.1, -0.05) is 29.5 Å². The molecule has 4 aromatic rings. The Bertz CT molecular complexity index is 1220. The minimum absolute atomic E-state index is 0.241. The third-order valence-electron chi connectivity index (χ3n) is 3.85. The van der Waals surface area contributed by atoms with Gasteiger partial charge in [-0.2, -0.15) is 9.78 Å². The summed E-state index contributed by atoms with van der Waals surface area (Å²) in [5.74, 6) is 0. The normalized spacial score (nSPS) is 11.8. The molecule has 0 radical (unpaired) electrons. The lowest BCUT2D eigenvalue weighted by Crippen LogP contribution is -2.18. The van der Waals surface area contributed by atoms with Crippen LogP contribution >= 0.6 is 23.6 Å². The van der Waals surface area contributed by atoms with Crippen molar-refractivity contribution in [1.29, 1.82) is 0 Å². The SMILES string of the molecule is C/C(=N\n1cnc2c(sc(=S)n2-c2ccccc2)c1=O)c1ccncc1. The Kier molecular flexibility index (Phi) is 4.27. The smallest absolute Gasteiger partial charge is 0.275 e. The molecule has 8 heteroatoms. The topological polar surface area (TPSA) is 65.1 Å². The van der Waals surface area contributed by atoms with Crippen LogP contribution in [0.25, 0.3) is 16.0 Å². The maximum absolute atomic E-state index is 12.8. The van der Waals surface area contributed by atoms with Gasteiger partial charge in [-0.3, -0.25) is 14.3 Å². The van der Waals surface area contributed by atoms with Crippen molar-refractivity contribution in [3.05, 3.63) is 81.1 Å². The van der Waals surface area contributed by atoms with Gasteiger partial charge < -0.3 is 0 Å². The summed E-state index contributed by atoms with van der Waals surface area (Å²) < 4.78 is 4.11. The van der Waals surface area contributed by atoms with Gasteiger partial charge in [-0.15, -0.1) is 0 Å². The highest BCUT2D eigenvalue weighted by Crippen LogP contribution is 2.22. The van der Waals surface area contributed by atoms with E-state index in [0.29, 0.717) is 20.0 Å². The van der Waals surface area contributed by atoms with E-state index in [-0.39, 0.29) is 5.56 Å². The molecule has 0 spiro atoms. The number of para-hydroxylation sites is 1. The lowest BCUT2D eigenvalue weighted by molar-refractivity contribution is 0.808. The summed E-state index contributed by atoms with van der Waals surface area (Å²) >= 11 is 6.69. The zero-order valence-corrected chi connectivity index (χ0v) is 15.4. The summed E-state index contributed by atoms with van der Waals surface area (Å²) in [6, 6.07) is 13.3. The van der Waals surface area contributed by atoms with Gasteiger partial charge in [0.05, 0.1) is 5.71 Å². The molecule has 0 atom stereocenters. The van der Waals surface area contributed by atoms with E-state index >= 15 is 0 Å². The van der Waals surface area contributed by atoms with Crippen molar-refractivity contribution in [1.82, 2.24) is 19.2 Å². The van der Waals surface area contributed by atoms with E-state index in [1.54, 1.807) is 17.0 Å². The van der Waals surface area contributed by atoms with Gasteiger partial charge >= 0.3 is 0 Å². The van der Waals surface area contributed by atoms with Crippen molar-refractivity contribution in [2.75, 3.05) is 0 Å². The average Bonchev–Trinajstić information content (AvgIpc) is 3.02. The van der Waals surface area contributed by atoms with Crippen LogP contribution in [0, 0.1) is 3.95 Å². The molecular weight excluding hydrogens is 366 g/mol. The van der Waals surface area contributed by atoms with Crippen LogP contribution in [0.5, 0.6) is 0 Å². The highest BCUT2D eigenvalue weighted by Gasteiger charge is 2.13. The molecule has 26 heavy (non-hydrogen) atoms. The zero-order chi connectivity index (χ0) is 18.1. The molecule has 1 aromatic carbocycles. The Labute approximate surface area is 157 Å². The van der Waals surface area contributed by atoms with Gasteiger partial charge in [0.25, 0.3) is 5.56 Å². The van der Waals surface area contributed by atoms with E-state index in [1.165, 1.54) is 22.3 Å². The molecule has 128 valence electrons. The van der Waals surface area contributed by atoms with Gasteiger partial charge in [0, 0.05) is 23.6 Å². The lowest BCUT2D eigenvalue weighted by atomic mass is 10.2. The first kappa shape index (κ1) is 16.5. The molecule has 0 aliphatic rings. The minimum Gasteiger partial charge on any atom is -0.275 e. The standard InChI is InChI=1S/C18H13N5OS2/c1-12(13-7-9-19-10-8-13)21-22-11-20-16-15(17(22)24)26-18(25)23(16)14-5-3-2-4-6-14/h2-11H,1H3/b21-12+. The third kappa shape index (κ3) is 2.89. The fourth-order valence-electron chi connectivity index (χ4n) is 2.58. The maximum Gasteiger partial charge on any atom is 0.293 e. The molecule has 0 saturated heterocycles. The molecule has 6 nitrogen and oxygen atoms in total. The number of thiazole rings is 1. The highest BCUT2D eigenvalue weighted by molar-refractivity contribution is 7.73. The van der Waals surface area contributed by atoms with Crippen molar-refractivity contribution in [3.8, 4) is 5.69 Å². The van der Waals surface area contributed by atoms with E-state index < -0.39 is 0 Å². The molecule has 3 heterocycles. The van der Waals surface area contributed by atoms with Crippen molar-refractivity contribution >= 4 is 39.6 Å². The van der Waals surface area contributed by atoms with E-state index in [2.05, 4.69) is 15.1 Å². The van der Waals surface area contributed by atoms with Gasteiger partial charge in [0.1, 0.15) is 11.0 Å². The van der Waals surface area contributed by atoms with E-state index in [9.17, 15) is 4.79 Å². The molecular formula is C18H13N5OS2. The molecule has 0 fully saturated rings. The molecule has 0 saturated carbocycles. The number of nitrogens with zero attached hydrogens (tertiary/aromatic N) is 5.